The van der Waals surface area contributed by atoms with E-state index in [9.17, 15) is 14.4 Å². The predicted octanol–water partition coefficient (Wildman–Crippen LogP) is 2.14. The zero-order valence-electron chi connectivity index (χ0n) is 15.7. The van der Waals surface area contributed by atoms with Gasteiger partial charge in [0.15, 0.2) is 0 Å². The molecule has 0 spiro atoms. The highest BCUT2D eigenvalue weighted by Crippen LogP contribution is 2.28. The molecule has 1 aliphatic rings. The molecule has 1 fully saturated rings. The lowest BCUT2D eigenvalue weighted by Gasteiger charge is -2.16. The predicted molar refractivity (Wildman–Crippen MR) is 106 cm³/mol. The maximum absolute atomic E-state index is 12.9. The molecule has 0 unspecified atom stereocenters. The largest absolute Gasteiger partial charge is 0.346 e. The first-order valence-electron chi connectivity index (χ1n) is 9.50. The summed E-state index contributed by atoms with van der Waals surface area (Å²) in [6.07, 6.45) is 5.67. The van der Waals surface area contributed by atoms with Crippen molar-refractivity contribution in [1.29, 1.82) is 0 Å². The summed E-state index contributed by atoms with van der Waals surface area (Å²) in [5, 5.41) is 8.70. The summed E-state index contributed by atoms with van der Waals surface area (Å²) in [5.41, 5.74) is 0.268. The highest BCUT2D eigenvalue weighted by Gasteiger charge is 2.21. The fourth-order valence-corrected chi connectivity index (χ4v) is 3.83. The SMILES string of the molecule is Cn1cccc(C(=O)NCc2nn(C3CCCC3)c(=O)c3ccccc23)c1=O. The van der Waals surface area contributed by atoms with Crippen LogP contribution in [-0.4, -0.2) is 20.3 Å². The van der Waals surface area contributed by atoms with Crippen LogP contribution in [-0.2, 0) is 13.6 Å². The van der Waals surface area contributed by atoms with Crippen molar-refractivity contribution in [1.82, 2.24) is 19.7 Å². The molecule has 2 aromatic heterocycles. The monoisotopic (exact) mass is 378 g/mol. The Morgan fingerprint density at radius 3 is 2.54 bits per heavy atom. The Labute approximate surface area is 161 Å². The Kier molecular flexibility index (Phi) is 4.81. The van der Waals surface area contributed by atoms with Crippen LogP contribution in [0.5, 0.6) is 0 Å². The van der Waals surface area contributed by atoms with E-state index in [1.54, 1.807) is 30.1 Å². The van der Waals surface area contributed by atoms with E-state index in [2.05, 4.69) is 10.4 Å². The summed E-state index contributed by atoms with van der Waals surface area (Å²) in [6.45, 7) is 0.143. The number of fused-ring (bicyclic) bond motifs is 1. The molecular weight excluding hydrogens is 356 g/mol. The van der Waals surface area contributed by atoms with E-state index in [0.29, 0.717) is 11.1 Å². The summed E-state index contributed by atoms with van der Waals surface area (Å²) in [5.74, 6) is -0.453. The van der Waals surface area contributed by atoms with Gasteiger partial charge in [-0.3, -0.25) is 14.4 Å². The van der Waals surface area contributed by atoms with E-state index in [4.69, 9.17) is 0 Å². The number of pyridine rings is 1. The average Bonchev–Trinajstić information content (AvgIpc) is 3.24. The molecule has 2 heterocycles. The molecule has 1 amide bonds. The van der Waals surface area contributed by atoms with Gasteiger partial charge < -0.3 is 9.88 Å². The highest BCUT2D eigenvalue weighted by atomic mass is 16.2. The number of benzene rings is 1. The Bertz CT molecular complexity index is 1160. The van der Waals surface area contributed by atoms with Gasteiger partial charge in [-0.25, -0.2) is 4.68 Å². The van der Waals surface area contributed by atoms with Crippen LogP contribution in [0.25, 0.3) is 10.8 Å². The second-order valence-electron chi connectivity index (χ2n) is 7.20. The Morgan fingerprint density at radius 1 is 1.07 bits per heavy atom. The van der Waals surface area contributed by atoms with Crippen LogP contribution in [0, 0.1) is 0 Å². The standard InChI is InChI=1S/C21H22N4O3/c1-24-12-6-11-17(20(24)27)19(26)22-13-18-15-9-4-5-10-16(15)21(28)25(23-18)14-7-2-3-8-14/h4-6,9-12,14H,2-3,7-8,13H2,1H3,(H,22,26). The summed E-state index contributed by atoms with van der Waals surface area (Å²) in [6, 6.07) is 10.6. The van der Waals surface area contributed by atoms with Gasteiger partial charge in [0.1, 0.15) is 5.56 Å². The lowest BCUT2D eigenvalue weighted by Crippen LogP contribution is -2.33. The van der Waals surface area contributed by atoms with Crippen LogP contribution in [0.2, 0.25) is 0 Å². The molecule has 7 heteroatoms. The van der Waals surface area contributed by atoms with Crippen LogP contribution >= 0.6 is 0 Å². The van der Waals surface area contributed by atoms with Gasteiger partial charge >= 0.3 is 0 Å². The van der Waals surface area contributed by atoms with Crippen molar-refractivity contribution < 1.29 is 4.79 Å². The van der Waals surface area contributed by atoms with Gasteiger partial charge in [0.05, 0.1) is 23.7 Å². The quantitative estimate of drug-likeness (QED) is 0.754. The van der Waals surface area contributed by atoms with Crippen LogP contribution in [0.15, 0.2) is 52.2 Å². The molecule has 3 aromatic rings. The van der Waals surface area contributed by atoms with Gasteiger partial charge in [-0.15, -0.1) is 0 Å². The number of carbonyl (C=O) groups excluding carboxylic acids is 1. The van der Waals surface area contributed by atoms with E-state index < -0.39 is 5.91 Å². The average molecular weight is 378 g/mol. The lowest BCUT2D eigenvalue weighted by molar-refractivity contribution is 0.0948. The number of aromatic nitrogens is 3. The second-order valence-corrected chi connectivity index (χ2v) is 7.20. The van der Waals surface area contributed by atoms with Gasteiger partial charge in [-0.2, -0.15) is 5.10 Å². The summed E-state index contributed by atoms with van der Waals surface area (Å²) in [7, 11) is 1.60. The highest BCUT2D eigenvalue weighted by molar-refractivity contribution is 5.94. The smallest absolute Gasteiger partial charge is 0.274 e. The zero-order valence-corrected chi connectivity index (χ0v) is 15.7. The number of hydrogen-bond acceptors (Lipinski definition) is 4. The van der Waals surface area contributed by atoms with Crippen molar-refractivity contribution in [2.45, 2.75) is 38.3 Å². The maximum atomic E-state index is 12.9. The van der Waals surface area contributed by atoms with Crippen LogP contribution in [0.1, 0.15) is 47.8 Å². The molecular formula is C21H22N4O3. The molecule has 0 radical (unpaired) electrons. The van der Waals surface area contributed by atoms with Crippen LogP contribution in [0.4, 0.5) is 0 Å². The van der Waals surface area contributed by atoms with Gasteiger partial charge in [-0.05, 0) is 31.0 Å². The minimum atomic E-state index is -0.453. The fraction of sp³-hybridized carbons (Fsp3) is 0.333. The third-order valence-electron chi connectivity index (χ3n) is 5.36. The number of nitrogens with one attached hydrogen (secondary N) is 1. The first kappa shape index (κ1) is 18.2. The van der Waals surface area contributed by atoms with Crippen molar-refractivity contribution in [2.24, 2.45) is 7.05 Å². The van der Waals surface area contributed by atoms with Crippen molar-refractivity contribution >= 4 is 16.7 Å². The molecule has 28 heavy (non-hydrogen) atoms. The number of aryl methyl sites for hydroxylation is 1. The van der Waals surface area contributed by atoms with E-state index in [-0.39, 0.29) is 29.3 Å². The van der Waals surface area contributed by atoms with Crippen molar-refractivity contribution in [3.05, 3.63) is 74.6 Å². The minimum Gasteiger partial charge on any atom is -0.346 e. The van der Waals surface area contributed by atoms with Crippen LogP contribution < -0.4 is 16.4 Å². The van der Waals surface area contributed by atoms with E-state index in [1.165, 1.54) is 10.6 Å². The normalized spacial score (nSPS) is 14.5. The lowest BCUT2D eigenvalue weighted by atomic mass is 10.1. The van der Waals surface area contributed by atoms with Gasteiger partial charge in [0, 0.05) is 18.6 Å². The molecule has 0 saturated heterocycles. The van der Waals surface area contributed by atoms with E-state index in [1.807, 2.05) is 18.2 Å². The molecule has 1 saturated carbocycles. The first-order valence-corrected chi connectivity index (χ1v) is 9.50. The first-order chi connectivity index (χ1) is 13.6. The van der Waals surface area contributed by atoms with Crippen LogP contribution in [0.3, 0.4) is 0 Å². The van der Waals surface area contributed by atoms with Gasteiger partial charge in [0.25, 0.3) is 17.0 Å². The number of rotatable bonds is 4. The molecule has 1 aliphatic carbocycles. The molecule has 0 atom stereocenters. The zero-order chi connectivity index (χ0) is 19.7. The number of amides is 1. The molecule has 1 N–H and O–H groups in total. The molecule has 144 valence electrons. The molecule has 0 aliphatic heterocycles. The maximum Gasteiger partial charge on any atom is 0.274 e. The van der Waals surface area contributed by atoms with Crippen molar-refractivity contribution in [2.75, 3.05) is 0 Å². The number of carbonyl (C=O) groups is 1. The van der Waals surface area contributed by atoms with E-state index >= 15 is 0 Å². The summed E-state index contributed by atoms with van der Waals surface area (Å²) in [4.78, 5) is 37.5. The molecule has 1 aromatic carbocycles. The number of hydrogen-bond donors (Lipinski definition) is 1. The van der Waals surface area contributed by atoms with Gasteiger partial charge in [0.2, 0.25) is 0 Å². The van der Waals surface area contributed by atoms with Crippen molar-refractivity contribution in [3.63, 3.8) is 0 Å². The van der Waals surface area contributed by atoms with E-state index in [0.717, 1.165) is 31.1 Å². The topological polar surface area (TPSA) is 86.0 Å². The molecule has 4 rings (SSSR count). The Balaban J connectivity index is 1.69. The third kappa shape index (κ3) is 3.24. The van der Waals surface area contributed by atoms with Crippen molar-refractivity contribution in [3.8, 4) is 0 Å². The fourth-order valence-electron chi connectivity index (χ4n) is 3.83. The minimum absolute atomic E-state index is 0.0819. The summed E-state index contributed by atoms with van der Waals surface area (Å²) >= 11 is 0. The number of nitrogens with zero attached hydrogens (tertiary/aromatic N) is 3. The Morgan fingerprint density at radius 2 is 1.79 bits per heavy atom. The second kappa shape index (κ2) is 7.42. The molecule has 0 bridgehead atoms. The summed E-state index contributed by atoms with van der Waals surface area (Å²) < 4.78 is 2.95. The Hall–Kier alpha value is -3.22. The van der Waals surface area contributed by atoms with Gasteiger partial charge in [-0.1, -0.05) is 31.0 Å². The molecule has 7 nitrogen and oxygen atoms in total. The third-order valence-corrected chi connectivity index (χ3v) is 5.36.